The van der Waals surface area contributed by atoms with E-state index in [4.69, 9.17) is 21.9 Å². The number of para-hydroxylation sites is 1. The number of thiocarbonyl (C=S) groups is 1. The van der Waals surface area contributed by atoms with Gasteiger partial charge in [-0.05, 0) is 105 Å². The highest BCUT2D eigenvalue weighted by Crippen LogP contribution is 2.44. The molecule has 39 heavy (non-hydrogen) atoms. The van der Waals surface area contributed by atoms with Gasteiger partial charge in [0.2, 0.25) is 0 Å². The van der Waals surface area contributed by atoms with Crippen molar-refractivity contribution in [2.24, 2.45) is 0 Å². The number of benzene rings is 3. The van der Waals surface area contributed by atoms with E-state index in [1.807, 2.05) is 60.8 Å². The molecule has 1 aliphatic heterocycles. The molecule has 3 aromatic carbocycles. The van der Waals surface area contributed by atoms with Crippen molar-refractivity contribution in [2.75, 3.05) is 4.90 Å². The maximum absolute atomic E-state index is 6.09. The van der Waals surface area contributed by atoms with Crippen molar-refractivity contribution >= 4 is 23.0 Å². The lowest BCUT2D eigenvalue weighted by Gasteiger charge is -2.28. The van der Waals surface area contributed by atoms with E-state index in [9.17, 15) is 0 Å². The van der Waals surface area contributed by atoms with Crippen LogP contribution in [0.25, 0.3) is 5.69 Å². The molecule has 0 saturated carbocycles. The molecule has 0 bridgehead atoms. The van der Waals surface area contributed by atoms with E-state index >= 15 is 0 Å². The summed E-state index contributed by atoms with van der Waals surface area (Å²) in [7, 11) is 0. The van der Waals surface area contributed by atoms with Crippen LogP contribution in [0.3, 0.4) is 0 Å². The molecule has 1 aliphatic rings. The molecule has 5 nitrogen and oxygen atoms in total. The number of rotatable bonds is 6. The third kappa shape index (κ3) is 4.79. The summed E-state index contributed by atoms with van der Waals surface area (Å²) in [5.74, 6) is 1.59. The van der Waals surface area contributed by atoms with Gasteiger partial charge in [0.1, 0.15) is 11.5 Å². The van der Waals surface area contributed by atoms with Crippen molar-refractivity contribution in [3.8, 4) is 17.2 Å². The van der Waals surface area contributed by atoms with Gasteiger partial charge in [0, 0.05) is 29.0 Å². The van der Waals surface area contributed by atoms with Crippen LogP contribution in [-0.2, 0) is 0 Å². The first-order chi connectivity index (χ1) is 19.0. The third-order valence-electron chi connectivity index (χ3n) is 7.27. The lowest BCUT2D eigenvalue weighted by molar-refractivity contribution is 0.482. The summed E-state index contributed by atoms with van der Waals surface area (Å²) in [6.45, 7) is 6.40. The molecular weight excluding hydrogens is 500 g/mol. The fraction of sp³-hybridized carbons (Fsp3) is 0.152. The summed E-state index contributed by atoms with van der Waals surface area (Å²) < 4.78 is 8.40. The Kier molecular flexibility index (Phi) is 6.63. The predicted molar refractivity (Wildman–Crippen MR) is 161 cm³/mol. The summed E-state index contributed by atoms with van der Waals surface area (Å²) >= 11 is 5.95. The molecule has 1 fully saturated rings. The van der Waals surface area contributed by atoms with Gasteiger partial charge >= 0.3 is 0 Å². The number of aryl methyl sites for hydroxylation is 2. The van der Waals surface area contributed by atoms with Gasteiger partial charge in [0.15, 0.2) is 5.11 Å². The Morgan fingerprint density at radius 1 is 0.769 bits per heavy atom. The van der Waals surface area contributed by atoms with Gasteiger partial charge in [-0.25, -0.2) is 0 Å². The number of ether oxygens (including phenoxy) is 1. The zero-order chi connectivity index (χ0) is 26.9. The molecule has 0 unspecified atom stereocenters. The van der Waals surface area contributed by atoms with E-state index in [0.717, 1.165) is 28.6 Å². The van der Waals surface area contributed by atoms with Crippen molar-refractivity contribution in [1.29, 1.82) is 0 Å². The Bertz CT molecular complexity index is 1600. The van der Waals surface area contributed by atoms with Gasteiger partial charge in [-0.3, -0.25) is 4.98 Å². The van der Waals surface area contributed by atoms with Crippen LogP contribution in [0.4, 0.5) is 5.69 Å². The third-order valence-corrected chi connectivity index (χ3v) is 7.59. The van der Waals surface area contributed by atoms with Crippen LogP contribution in [0, 0.1) is 20.8 Å². The minimum atomic E-state index is -0.105. The quantitative estimate of drug-likeness (QED) is 0.227. The summed E-state index contributed by atoms with van der Waals surface area (Å²) in [5.41, 5.74) is 7.86. The average molecular weight is 531 g/mol. The summed E-state index contributed by atoms with van der Waals surface area (Å²) in [6.07, 6.45) is 1.84. The monoisotopic (exact) mass is 530 g/mol. The molecule has 5 aromatic rings. The van der Waals surface area contributed by atoms with E-state index in [0.29, 0.717) is 5.11 Å². The second-order valence-electron chi connectivity index (χ2n) is 9.90. The molecule has 6 rings (SSSR count). The lowest BCUT2D eigenvalue weighted by Crippen LogP contribution is -2.29. The van der Waals surface area contributed by atoms with Crippen LogP contribution in [0.15, 0.2) is 109 Å². The predicted octanol–water partition coefficient (Wildman–Crippen LogP) is 7.77. The highest BCUT2D eigenvalue weighted by Gasteiger charge is 2.42. The Balaban J connectivity index is 1.40. The van der Waals surface area contributed by atoms with Gasteiger partial charge in [-0.2, -0.15) is 0 Å². The normalized spacial score (nSPS) is 16.8. The Labute approximate surface area is 234 Å². The topological polar surface area (TPSA) is 42.3 Å². The molecule has 6 heteroatoms. The summed E-state index contributed by atoms with van der Waals surface area (Å²) in [6, 6.07) is 34.8. The second-order valence-corrected chi connectivity index (χ2v) is 10.3. The van der Waals surface area contributed by atoms with Crippen molar-refractivity contribution in [1.82, 2.24) is 14.9 Å². The molecule has 2 aromatic heterocycles. The Hall–Kier alpha value is -4.42. The standard InChI is InChI=1S/C33H30N4OS/c1-22-12-16-27(17-13-22)38-28-18-14-26(15-19-28)37-32(31(35-33(37)39)30-11-7-8-20-34-30)29-21-23(2)36(24(29)3)25-9-5-4-6-10-25/h4-21,31-32H,1-3H3,(H,35,39)/t31-,32+/m1/s1. The van der Waals surface area contributed by atoms with Crippen molar-refractivity contribution < 1.29 is 4.74 Å². The SMILES string of the molecule is Cc1ccc(Oc2ccc(N3C(=S)N[C@H](c4ccccn4)[C@@H]3c3cc(C)n(-c4ccccc4)c3C)cc2)cc1. The van der Waals surface area contributed by atoms with E-state index in [2.05, 4.69) is 84.1 Å². The molecule has 0 spiro atoms. The fourth-order valence-corrected chi connectivity index (χ4v) is 5.77. The minimum absolute atomic E-state index is 0.0834. The van der Waals surface area contributed by atoms with Gasteiger partial charge in [0.05, 0.1) is 17.8 Å². The van der Waals surface area contributed by atoms with Crippen molar-refractivity contribution in [2.45, 2.75) is 32.9 Å². The molecule has 1 N–H and O–H groups in total. The van der Waals surface area contributed by atoms with Gasteiger partial charge in [0.25, 0.3) is 0 Å². The minimum Gasteiger partial charge on any atom is -0.457 e. The zero-order valence-corrected chi connectivity index (χ0v) is 23.0. The average Bonchev–Trinajstić information content (AvgIpc) is 3.46. The van der Waals surface area contributed by atoms with Crippen molar-refractivity contribution in [3.05, 3.63) is 138 Å². The first kappa shape index (κ1) is 24.9. The maximum atomic E-state index is 6.09. The highest BCUT2D eigenvalue weighted by atomic mass is 32.1. The number of hydrogen-bond acceptors (Lipinski definition) is 3. The number of nitrogens with one attached hydrogen (secondary N) is 1. The van der Waals surface area contributed by atoms with Gasteiger partial charge in [-0.1, -0.05) is 42.0 Å². The molecule has 0 radical (unpaired) electrons. The summed E-state index contributed by atoms with van der Waals surface area (Å²) in [4.78, 5) is 6.92. The number of nitrogens with zero attached hydrogens (tertiary/aromatic N) is 3. The maximum Gasteiger partial charge on any atom is 0.174 e. The molecule has 0 amide bonds. The van der Waals surface area contributed by atoms with Crippen LogP contribution in [-0.4, -0.2) is 14.7 Å². The number of aromatic nitrogens is 2. The molecule has 194 valence electrons. The first-order valence-electron chi connectivity index (χ1n) is 13.1. The fourth-order valence-electron chi connectivity index (χ4n) is 5.43. The lowest BCUT2D eigenvalue weighted by atomic mass is 9.96. The van der Waals surface area contributed by atoms with E-state index in [-0.39, 0.29) is 12.1 Å². The largest absolute Gasteiger partial charge is 0.457 e. The molecular formula is C33H30N4OS. The van der Waals surface area contributed by atoms with Crippen LogP contribution < -0.4 is 15.0 Å². The first-order valence-corrected chi connectivity index (χ1v) is 13.5. The van der Waals surface area contributed by atoms with Crippen LogP contribution in [0.5, 0.6) is 11.5 Å². The van der Waals surface area contributed by atoms with Crippen LogP contribution >= 0.6 is 12.2 Å². The van der Waals surface area contributed by atoms with Crippen LogP contribution in [0.1, 0.15) is 40.3 Å². The second kappa shape index (κ2) is 10.4. The zero-order valence-electron chi connectivity index (χ0n) is 22.2. The number of pyridine rings is 1. The molecule has 0 aliphatic carbocycles. The molecule has 1 saturated heterocycles. The summed E-state index contributed by atoms with van der Waals surface area (Å²) in [5, 5.41) is 4.25. The Morgan fingerprint density at radius 3 is 2.10 bits per heavy atom. The van der Waals surface area contributed by atoms with E-state index < -0.39 is 0 Å². The van der Waals surface area contributed by atoms with Crippen LogP contribution in [0.2, 0.25) is 0 Å². The number of anilines is 1. The Morgan fingerprint density at radius 2 is 1.44 bits per heavy atom. The van der Waals surface area contributed by atoms with Crippen molar-refractivity contribution in [3.63, 3.8) is 0 Å². The van der Waals surface area contributed by atoms with E-state index in [1.165, 1.54) is 22.5 Å². The number of hydrogen-bond donors (Lipinski definition) is 1. The smallest absolute Gasteiger partial charge is 0.174 e. The van der Waals surface area contributed by atoms with Gasteiger partial charge in [-0.15, -0.1) is 0 Å². The molecule has 2 atom stereocenters. The highest BCUT2D eigenvalue weighted by molar-refractivity contribution is 7.80. The van der Waals surface area contributed by atoms with E-state index in [1.54, 1.807) is 0 Å². The van der Waals surface area contributed by atoms with Gasteiger partial charge < -0.3 is 19.5 Å². The molecule has 3 heterocycles.